The van der Waals surface area contributed by atoms with E-state index in [0.29, 0.717) is 0 Å². The number of rotatable bonds is 4. The van der Waals surface area contributed by atoms with E-state index in [9.17, 15) is 9.59 Å². The van der Waals surface area contributed by atoms with E-state index >= 15 is 0 Å². The van der Waals surface area contributed by atoms with Crippen molar-refractivity contribution in [3.63, 3.8) is 0 Å². The van der Waals surface area contributed by atoms with Gasteiger partial charge in [-0.05, 0) is 27.7 Å². The van der Waals surface area contributed by atoms with E-state index in [2.05, 4.69) is 0 Å². The summed E-state index contributed by atoms with van der Waals surface area (Å²) in [5.74, 6) is -0.461. The Morgan fingerprint density at radius 3 is 1.50 bits per heavy atom. The molecule has 0 rings (SSSR count). The third-order valence-corrected chi connectivity index (χ3v) is 1.15. The fourth-order valence-corrected chi connectivity index (χ4v) is 0.750. The quantitative estimate of drug-likeness (QED) is 0.658. The van der Waals surface area contributed by atoms with Crippen LogP contribution in [-0.2, 0) is 31.1 Å². The molecule has 0 bridgehead atoms. The minimum atomic E-state index is -0.866. The number of hydrogen-bond donors (Lipinski definition) is 0. The maximum absolute atomic E-state index is 10.8. The summed E-state index contributed by atoms with van der Waals surface area (Å²) in [6.45, 7) is 6.29. The van der Waals surface area contributed by atoms with Crippen LogP contribution in [0.5, 0.6) is 0 Å². The molecule has 0 aliphatic carbocycles. The van der Waals surface area contributed by atoms with Crippen LogP contribution >= 0.6 is 0 Å². The van der Waals surface area contributed by atoms with Crippen LogP contribution < -0.4 is 0 Å². The zero-order valence-electron chi connectivity index (χ0n) is 7.71. The number of carbonyl (C=O) groups is 2. The third kappa shape index (κ3) is 5.46. The van der Waals surface area contributed by atoms with Crippen LogP contribution in [0.4, 0.5) is 0 Å². The van der Waals surface area contributed by atoms with Crippen molar-refractivity contribution in [3.8, 4) is 0 Å². The molecule has 0 saturated heterocycles. The van der Waals surface area contributed by atoms with Crippen LogP contribution in [0.25, 0.3) is 0 Å². The largest absolute Gasteiger partial charge is 3.00 e. The van der Waals surface area contributed by atoms with Crippen LogP contribution in [0.2, 0.25) is 0 Å². The van der Waals surface area contributed by atoms with Gasteiger partial charge in [-0.15, -0.1) is 0 Å². The number of carbonyl (C=O) groups excluding carboxylic acids is 2. The first-order valence-electron chi connectivity index (χ1n) is 3.61. The average molecular weight is 217 g/mol. The minimum Gasteiger partial charge on any atom is -0.360 e. The van der Waals surface area contributed by atoms with Gasteiger partial charge in [-0.3, -0.25) is 9.59 Å². The molecule has 0 spiro atoms. The molecule has 0 amide bonds. The van der Waals surface area contributed by atoms with Gasteiger partial charge in [0.15, 0.2) is 17.7 Å². The van der Waals surface area contributed by atoms with Crippen molar-refractivity contribution in [1.29, 1.82) is 0 Å². The molecule has 3 nitrogen and oxygen atoms in total. The minimum absolute atomic E-state index is 0. The Balaban J connectivity index is 0. The average Bonchev–Trinajstić information content (AvgIpc) is 1.81. The van der Waals surface area contributed by atoms with Gasteiger partial charge in [0, 0.05) is 0 Å². The van der Waals surface area contributed by atoms with Crippen LogP contribution in [0.1, 0.15) is 27.7 Å². The summed E-state index contributed by atoms with van der Waals surface area (Å²) < 4.78 is 5.07. The molecule has 0 aliphatic rings. The maximum atomic E-state index is 10.8. The Labute approximate surface area is 83.1 Å². The topological polar surface area (TPSA) is 43.4 Å². The number of ketones is 2. The molecule has 0 aliphatic heterocycles. The molecule has 0 aromatic heterocycles. The van der Waals surface area contributed by atoms with Gasteiger partial charge < -0.3 is 4.74 Å². The van der Waals surface area contributed by atoms with Crippen LogP contribution in [0, 0.1) is 0 Å². The summed E-state index contributed by atoms with van der Waals surface area (Å²) in [5, 5.41) is 0. The molecular weight excluding hydrogens is 203 g/mol. The monoisotopic (exact) mass is 217 g/mol. The van der Waals surface area contributed by atoms with E-state index < -0.39 is 6.10 Å². The first-order valence-corrected chi connectivity index (χ1v) is 3.61. The van der Waals surface area contributed by atoms with E-state index in [0.717, 1.165) is 0 Å². The zero-order valence-corrected chi connectivity index (χ0v) is 8.75. The Bertz CT molecular complexity index is 152. The van der Waals surface area contributed by atoms with E-state index in [1.54, 1.807) is 13.8 Å². The van der Waals surface area contributed by atoms with Gasteiger partial charge in [0.25, 0.3) is 0 Å². The van der Waals surface area contributed by atoms with Crippen molar-refractivity contribution < 1.29 is 31.1 Å². The van der Waals surface area contributed by atoms with E-state index in [1.165, 1.54) is 13.8 Å². The van der Waals surface area contributed by atoms with Crippen molar-refractivity contribution in [3.05, 3.63) is 0 Å². The Hall–Kier alpha value is -0.194. The van der Waals surface area contributed by atoms with Gasteiger partial charge >= 0.3 is 16.8 Å². The second-order valence-corrected chi connectivity index (χ2v) is 2.79. The second kappa shape index (κ2) is 6.34. The van der Waals surface area contributed by atoms with Gasteiger partial charge in [0.1, 0.15) is 0 Å². The van der Waals surface area contributed by atoms with Gasteiger partial charge in [0.2, 0.25) is 0 Å². The Kier molecular flexibility index (Phi) is 7.57. The molecule has 0 N–H and O–H groups in total. The van der Waals surface area contributed by atoms with Crippen LogP contribution in [-0.4, -0.2) is 23.8 Å². The fourth-order valence-electron chi connectivity index (χ4n) is 0.750. The van der Waals surface area contributed by atoms with Crippen LogP contribution in [0.15, 0.2) is 0 Å². The van der Waals surface area contributed by atoms with Crippen molar-refractivity contribution in [2.24, 2.45) is 0 Å². The number of ether oxygens (including phenoxy) is 1. The molecule has 0 radical (unpaired) electrons. The fraction of sp³-hybridized carbons (Fsp3) is 0.750. The summed E-state index contributed by atoms with van der Waals surface area (Å²) in [6.07, 6.45) is -0.956. The molecular formula is C8H14CoO3+3. The Morgan fingerprint density at radius 2 is 1.42 bits per heavy atom. The summed E-state index contributed by atoms with van der Waals surface area (Å²) in [7, 11) is 0. The third-order valence-electron chi connectivity index (χ3n) is 1.15. The molecule has 0 fully saturated rings. The number of hydrogen-bond acceptors (Lipinski definition) is 3. The molecule has 70 valence electrons. The first-order chi connectivity index (χ1) is 4.95. The zero-order chi connectivity index (χ0) is 9.02. The molecule has 0 heterocycles. The summed E-state index contributed by atoms with van der Waals surface area (Å²) in [5.41, 5.74) is 0. The molecule has 0 atom stereocenters. The smallest absolute Gasteiger partial charge is 0.360 e. The van der Waals surface area contributed by atoms with Gasteiger partial charge in [-0.1, -0.05) is 0 Å². The molecule has 0 saturated carbocycles. The van der Waals surface area contributed by atoms with E-state index in [1.807, 2.05) is 0 Å². The standard InChI is InChI=1S/C8H14O3.Co/c1-5(2)11-8(6(3)9)7(4)10;/h5,8H,1-4H3;/q;+3. The normalized spacial score (nSPS) is 9.83. The van der Waals surface area contributed by atoms with Crippen molar-refractivity contribution in [2.45, 2.75) is 39.9 Å². The van der Waals surface area contributed by atoms with Gasteiger partial charge in [-0.25, -0.2) is 0 Å². The Morgan fingerprint density at radius 1 is 1.08 bits per heavy atom. The van der Waals surface area contributed by atoms with Crippen molar-refractivity contribution in [2.75, 3.05) is 0 Å². The van der Waals surface area contributed by atoms with Crippen molar-refractivity contribution >= 4 is 11.6 Å². The SMILES string of the molecule is CC(=O)C(OC(C)C)C(C)=O.[Co+3]. The summed E-state index contributed by atoms with van der Waals surface area (Å²) in [6, 6.07) is 0. The predicted molar refractivity (Wildman–Crippen MR) is 41.4 cm³/mol. The predicted octanol–water partition coefficient (Wildman–Crippen LogP) is 0.956. The second-order valence-electron chi connectivity index (χ2n) is 2.79. The van der Waals surface area contributed by atoms with E-state index in [4.69, 9.17) is 4.74 Å². The molecule has 0 aromatic rings. The van der Waals surface area contributed by atoms with Crippen LogP contribution in [0.3, 0.4) is 0 Å². The first kappa shape index (κ1) is 14.3. The van der Waals surface area contributed by atoms with E-state index in [-0.39, 0.29) is 34.4 Å². The van der Waals surface area contributed by atoms with Gasteiger partial charge in [0.05, 0.1) is 6.10 Å². The maximum Gasteiger partial charge on any atom is 3.00 e. The molecule has 0 unspecified atom stereocenters. The molecule has 4 heteroatoms. The number of Topliss-reactive ketones (excluding diaryl/α,β-unsaturated/α-hetero) is 2. The summed E-state index contributed by atoms with van der Waals surface area (Å²) >= 11 is 0. The van der Waals surface area contributed by atoms with Gasteiger partial charge in [-0.2, -0.15) is 0 Å². The molecule has 12 heavy (non-hydrogen) atoms. The summed E-state index contributed by atoms with van der Waals surface area (Å²) in [4.78, 5) is 21.6. The molecule has 0 aromatic carbocycles. The van der Waals surface area contributed by atoms with Crippen molar-refractivity contribution in [1.82, 2.24) is 0 Å².